The van der Waals surface area contributed by atoms with Crippen molar-refractivity contribution < 1.29 is 29.4 Å². The van der Waals surface area contributed by atoms with Crippen molar-refractivity contribution in [3.8, 4) is 5.75 Å². The van der Waals surface area contributed by atoms with Gasteiger partial charge in [-0.1, -0.05) is 46.2 Å². The lowest BCUT2D eigenvalue weighted by atomic mass is 9.96. The van der Waals surface area contributed by atoms with E-state index in [9.17, 15) is 29.4 Å². The molecule has 0 radical (unpaired) electrons. The Kier molecular flexibility index (Phi) is 13.6. The summed E-state index contributed by atoms with van der Waals surface area (Å²) in [4.78, 5) is 50.8. The summed E-state index contributed by atoms with van der Waals surface area (Å²) in [6.07, 6.45) is 2.08. The van der Waals surface area contributed by atoms with Crippen molar-refractivity contribution >= 4 is 23.7 Å². The summed E-state index contributed by atoms with van der Waals surface area (Å²) in [5.74, 6) is -3.29. The molecule has 0 spiro atoms. The third kappa shape index (κ3) is 10.8. The van der Waals surface area contributed by atoms with Crippen molar-refractivity contribution in [2.45, 2.75) is 84.0 Å². The van der Waals surface area contributed by atoms with E-state index < -0.39 is 47.9 Å². The van der Waals surface area contributed by atoms with Crippen LogP contribution in [-0.4, -0.2) is 64.6 Å². The third-order valence-corrected chi connectivity index (χ3v) is 6.38. The second-order valence-corrected chi connectivity index (χ2v) is 9.76. The van der Waals surface area contributed by atoms with E-state index in [1.165, 1.54) is 12.1 Å². The van der Waals surface area contributed by atoms with Gasteiger partial charge in [0.15, 0.2) is 0 Å². The Bertz CT molecular complexity index is 892. The number of hydrogen-bond acceptors (Lipinski definition) is 7. The van der Waals surface area contributed by atoms with Crippen molar-refractivity contribution in [2.24, 2.45) is 23.3 Å². The summed E-state index contributed by atoms with van der Waals surface area (Å²) in [7, 11) is 0. The number of carboxylic acids is 1. The number of amides is 3. The molecule has 0 aliphatic carbocycles. The van der Waals surface area contributed by atoms with Crippen LogP contribution in [0.25, 0.3) is 0 Å². The van der Waals surface area contributed by atoms with E-state index in [0.717, 1.165) is 0 Å². The average Bonchev–Trinajstić information content (AvgIpc) is 2.86. The molecule has 0 saturated carbocycles. The molecule has 0 saturated heterocycles. The number of rotatable bonds is 16. The van der Waals surface area contributed by atoms with Crippen LogP contribution in [0.2, 0.25) is 0 Å². The molecule has 1 aromatic carbocycles. The first-order valence-electron chi connectivity index (χ1n) is 12.8. The molecule has 5 atom stereocenters. The third-order valence-electron chi connectivity index (χ3n) is 6.38. The van der Waals surface area contributed by atoms with Gasteiger partial charge in [0.25, 0.3) is 0 Å². The number of carboxylic acid groups (broad SMARTS) is 1. The van der Waals surface area contributed by atoms with Gasteiger partial charge in [-0.15, -0.1) is 0 Å². The van der Waals surface area contributed by atoms with Crippen LogP contribution in [0.5, 0.6) is 5.75 Å². The van der Waals surface area contributed by atoms with Gasteiger partial charge in [-0.2, -0.15) is 0 Å². The summed E-state index contributed by atoms with van der Waals surface area (Å²) in [6.45, 7) is 7.66. The van der Waals surface area contributed by atoms with E-state index in [0.29, 0.717) is 37.8 Å². The minimum Gasteiger partial charge on any atom is -0.508 e. The molecule has 37 heavy (non-hydrogen) atoms. The lowest BCUT2D eigenvalue weighted by Gasteiger charge is -2.28. The number of nitrogens with one attached hydrogen (secondary N) is 3. The van der Waals surface area contributed by atoms with E-state index in [1.807, 2.05) is 6.92 Å². The van der Waals surface area contributed by atoms with Crippen molar-refractivity contribution in [3.05, 3.63) is 29.8 Å². The number of unbranched alkanes of at least 4 members (excludes halogenated alkanes) is 1. The monoisotopic (exact) mass is 521 g/mol. The second kappa shape index (κ2) is 15.8. The van der Waals surface area contributed by atoms with Crippen LogP contribution in [0.1, 0.15) is 58.9 Å². The molecule has 0 aliphatic rings. The molecule has 11 nitrogen and oxygen atoms in total. The molecule has 0 heterocycles. The largest absolute Gasteiger partial charge is 0.508 e. The smallest absolute Gasteiger partial charge is 0.326 e. The van der Waals surface area contributed by atoms with Crippen molar-refractivity contribution in [1.82, 2.24) is 16.0 Å². The highest BCUT2D eigenvalue weighted by atomic mass is 16.4. The Morgan fingerprint density at radius 1 is 0.892 bits per heavy atom. The molecule has 0 fully saturated rings. The number of carbonyl (C=O) groups excluding carboxylic acids is 3. The first-order chi connectivity index (χ1) is 17.4. The Balaban J connectivity index is 3.04. The minimum absolute atomic E-state index is 0.00656. The van der Waals surface area contributed by atoms with Gasteiger partial charge in [0.05, 0.1) is 6.04 Å². The lowest BCUT2D eigenvalue weighted by molar-refractivity contribution is -0.142. The Morgan fingerprint density at radius 3 is 2.00 bits per heavy atom. The maximum atomic E-state index is 13.2. The molecule has 0 bridgehead atoms. The molecular weight excluding hydrogens is 478 g/mol. The summed E-state index contributed by atoms with van der Waals surface area (Å²) in [6, 6.07) is 2.02. The lowest BCUT2D eigenvalue weighted by Crippen LogP contribution is -2.59. The van der Waals surface area contributed by atoms with Crippen LogP contribution < -0.4 is 27.4 Å². The quantitative estimate of drug-likeness (QED) is 0.154. The van der Waals surface area contributed by atoms with Gasteiger partial charge in [-0.3, -0.25) is 14.4 Å². The number of carbonyl (C=O) groups is 4. The number of phenols is 1. The highest BCUT2D eigenvalue weighted by Crippen LogP contribution is 2.14. The number of nitrogens with two attached hydrogens (primary N) is 2. The van der Waals surface area contributed by atoms with Crippen molar-refractivity contribution in [1.29, 1.82) is 0 Å². The summed E-state index contributed by atoms with van der Waals surface area (Å²) < 4.78 is 0. The first kappa shape index (κ1) is 31.8. The van der Waals surface area contributed by atoms with E-state index >= 15 is 0 Å². The van der Waals surface area contributed by atoms with Crippen LogP contribution >= 0.6 is 0 Å². The fourth-order valence-corrected chi connectivity index (χ4v) is 3.62. The SMILES string of the molecule is CCC(C)C(NC(=O)C(CCCCN)NC(=O)C(N)C(C)C)C(=O)NC(Cc1ccc(O)cc1)C(=O)O. The zero-order chi connectivity index (χ0) is 28.1. The van der Waals surface area contributed by atoms with Crippen LogP contribution in [0.3, 0.4) is 0 Å². The number of hydrogen-bond donors (Lipinski definition) is 7. The maximum Gasteiger partial charge on any atom is 0.326 e. The van der Waals surface area contributed by atoms with E-state index in [1.54, 1.807) is 32.9 Å². The molecular formula is C26H43N5O6. The molecule has 9 N–H and O–H groups in total. The van der Waals surface area contributed by atoms with Gasteiger partial charge in [-0.05, 0) is 55.3 Å². The number of aliphatic carboxylic acids is 1. The van der Waals surface area contributed by atoms with E-state index in [2.05, 4.69) is 16.0 Å². The highest BCUT2D eigenvalue weighted by Gasteiger charge is 2.33. The predicted octanol–water partition coefficient (Wildman–Crippen LogP) is 0.632. The molecule has 1 rings (SSSR count). The fourth-order valence-electron chi connectivity index (χ4n) is 3.62. The predicted molar refractivity (Wildman–Crippen MR) is 140 cm³/mol. The Morgan fingerprint density at radius 2 is 1.49 bits per heavy atom. The normalized spacial score (nSPS) is 15.2. The van der Waals surface area contributed by atoms with Gasteiger partial charge < -0.3 is 37.6 Å². The molecule has 11 heteroatoms. The molecule has 1 aromatic rings. The Labute approximate surface area is 218 Å². The van der Waals surface area contributed by atoms with Gasteiger partial charge in [0.1, 0.15) is 23.9 Å². The van der Waals surface area contributed by atoms with Crippen LogP contribution in [0, 0.1) is 11.8 Å². The Hall–Kier alpha value is -3.18. The van der Waals surface area contributed by atoms with Gasteiger partial charge in [0.2, 0.25) is 17.7 Å². The molecule has 0 aromatic heterocycles. The zero-order valence-electron chi connectivity index (χ0n) is 22.2. The van der Waals surface area contributed by atoms with Crippen molar-refractivity contribution in [3.63, 3.8) is 0 Å². The average molecular weight is 522 g/mol. The second-order valence-electron chi connectivity index (χ2n) is 9.76. The summed E-state index contributed by atoms with van der Waals surface area (Å²) in [5, 5.41) is 27.1. The van der Waals surface area contributed by atoms with E-state index in [4.69, 9.17) is 11.5 Å². The maximum absolute atomic E-state index is 13.2. The van der Waals surface area contributed by atoms with Crippen molar-refractivity contribution in [2.75, 3.05) is 6.54 Å². The van der Waals surface area contributed by atoms with Crippen LogP contribution in [0.15, 0.2) is 24.3 Å². The first-order valence-corrected chi connectivity index (χ1v) is 12.8. The molecule has 3 amide bonds. The molecule has 0 aliphatic heterocycles. The molecule has 5 unspecified atom stereocenters. The fraction of sp³-hybridized carbons (Fsp3) is 0.615. The number of aromatic hydroxyl groups is 1. The number of phenolic OH excluding ortho intramolecular Hbond substituents is 1. The topological polar surface area (TPSA) is 197 Å². The number of benzene rings is 1. The summed E-state index contributed by atoms with van der Waals surface area (Å²) >= 11 is 0. The van der Waals surface area contributed by atoms with Crippen LogP contribution in [-0.2, 0) is 25.6 Å². The zero-order valence-corrected chi connectivity index (χ0v) is 22.2. The standard InChI is InChI=1S/C26H43N5O6/c1-5-16(4)22(25(35)30-20(26(36)37)14-17-9-11-18(32)12-10-17)31-23(33)19(8-6-7-13-27)29-24(34)21(28)15(2)3/h9-12,15-16,19-22,32H,5-8,13-14,27-28H2,1-4H3,(H,29,34)(H,30,35)(H,31,33)(H,36,37). The highest BCUT2D eigenvalue weighted by molar-refractivity contribution is 5.94. The minimum atomic E-state index is -1.25. The van der Waals surface area contributed by atoms with Gasteiger partial charge in [0, 0.05) is 6.42 Å². The summed E-state index contributed by atoms with van der Waals surface area (Å²) in [5.41, 5.74) is 12.1. The van der Waals surface area contributed by atoms with Crippen LogP contribution in [0.4, 0.5) is 0 Å². The van der Waals surface area contributed by atoms with Gasteiger partial charge >= 0.3 is 5.97 Å². The van der Waals surface area contributed by atoms with E-state index in [-0.39, 0.29) is 24.0 Å². The van der Waals surface area contributed by atoms with Gasteiger partial charge in [-0.25, -0.2) is 4.79 Å². The molecule has 208 valence electrons.